The van der Waals surface area contributed by atoms with Gasteiger partial charge >= 0.3 is 6.18 Å². The highest BCUT2D eigenvalue weighted by molar-refractivity contribution is 5.77. The lowest BCUT2D eigenvalue weighted by Crippen LogP contribution is -2.36. The summed E-state index contributed by atoms with van der Waals surface area (Å²) in [6, 6.07) is 0.150. The fourth-order valence-electron chi connectivity index (χ4n) is 1.50. The summed E-state index contributed by atoms with van der Waals surface area (Å²) in [7, 11) is 0. The first kappa shape index (κ1) is 14.2. The molecule has 0 heterocycles. The summed E-state index contributed by atoms with van der Waals surface area (Å²) >= 11 is 0. The Balaban J connectivity index is 2.18. The van der Waals surface area contributed by atoms with E-state index in [1.807, 2.05) is 0 Å². The monoisotopic (exact) mass is 255 g/mol. The molecule has 0 radical (unpaired) electrons. The van der Waals surface area contributed by atoms with E-state index in [-0.39, 0.29) is 38.1 Å². The Morgan fingerprint density at radius 1 is 1.41 bits per heavy atom. The van der Waals surface area contributed by atoms with Gasteiger partial charge in [-0.15, -0.1) is 0 Å². The second-order valence-electron chi connectivity index (χ2n) is 3.96. The van der Waals surface area contributed by atoms with E-state index in [1.165, 1.54) is 4.90 Å². The zero-order valence-electron chi connectivity index (χ0n) is 9.37. The molecule has 0 aromatic carbocycles. The van der Waals surface area contributed by atoms with Gasteiger partial charge in [-0.1, -0.05) is 0 Å². The molecule has 0 aromatic rings. The quantitative estimate of drug-likeness (QED) is 0.689. The molecule has 0 spiro atoms. The molecule has 1 aliphatic carbocycles. The van der Waals surface area contributed by atoms with Gasteiger partial charge in [-0.3, -0.25) is 4.79 Å². The highest BCUT2D eigenvalue weighted by atomic mass is 19.4. The van der Waals surface area contributed by atoms with Gasteiger partial charge in [0.05, 0.1) is 19.6 Å². The lowest BCUT2D eigenvalue weighted by atomic mass is 10.3. The number of carbonyl (C=O) groups excluding carboxylic acids is 1. The number of ether oxygens (including phenoxy) is 1. The van der Waals surface area contributed by atoms with Crippen molar-refractivity contribution >= 4 is 5.91 Å². The van der Waals surface area contributed by atoms with Crippen LogP contribution in [-0.2, 0) is 9.53 Å². The summed E-state index contributed by atoms with van der Waals surface area (Å²) in [5.41, 5.74) is 0. The number of halogens is 3. The van der Waals surface area contributed by atoms with Crippen LogP contribution in [0, 0.1) is 0 Å². The third-order valence-corrected chi connectivity index (χ3v) is 2.37. The molecule has 1 rings (SSSR count). The van der Waals surface area contributed by atoms with Crippen LogP contribution in [0.15, 0.2) is 0 Å². The minimum absolute atomic E-state index is 0.0768. The molecule has 4 nitrogen and oxygen atoms in total. The highest BCUT2D eigenvalue weighted by Gasteiger charge is 2.32. The number of alkyl halides is 3. The van der Waals surface area contributed by atoms with E-state index in [2.05, 4.69) is 4.74 Å². The van der Waals surface area contributed by atoms with Gasteiger partial charge in [0.15, 0.2) is 0 Å². The maximum atomic E-state index is 11.7. The summed E-state index contributed by atoms with van der Waals surface area (Å²) in [4.78, 5) is 13.1. The zero-order valence-corrected chi connectivity index (χ0v) is 9.37. The standard InChI is InChI=1S/C10H16F3NO3/c11-10(12,13)7-17-6-3-9(16)14(4-5-15)8-1-2-8/h8,15H,1-7H2. The Labute approximate surface area is 97.3 Å². The molecule has 1 aliphatic rings. The van der Waals surface area contributed by atoms with Crippen molar-refractivity contribution in [3.05, 3.63) is 0 Å². The normalized spacial score (nSPS) is 16.0. The first-order valence-corrected chi connectivity index (χ1v) is 5.49. The molecule has 0 atom stereocenters. The molecule has 0 unspecified atom stereocenters. The van der Waals surface area contributed by atoms with Crippen molar-refractivity contribution in [2.45, 2.75) is 31.5 Å². The van der Waals surface area contributed by atoms with Crippen molar-refractivity contribution in [1.29, 1.82) is 0 Å². The van der Waals surface area contributed by atoms with Crippen LogP contribution in [0.25, 0.3) is 0 Å². The largest absolute Gasteiger partial charge is 0.411 e. The van der Waals surface area contributed by atoms with Crippen molar-refractivity contribution < 1.29 is 27.8 Å². The van der Waals surface area contributed by atoms with E-state index >= 15 is 0 Å². The summed E-state index contributed by atoms with van der Waals surface area (Å²) < 4.78 is 39.6. The summed E-state index contributed by atoms with van der Waals surface area (Å²) in [6.45, 7) is -1.47. The molecular formula is C10H16F3NO3. The summed E-state index contributed by atoms with van der Waals surface area (Å²) in [6.07, 6.45) is -2.64. The first-order valence-electron chi connectivity index (χ1n) is 5.49. The van der Waals surface area contributed by atoms with E-state index in [0.717, 1.165) is 12.8 Å². The van der Waals surface area contributed by atoms with Crippen LogP contribution >= 0.6 is 0 Å². The van der Waals surface area contributed by atoms with Gasteiger partial charge in [-0.05, 0) is 12.8 Å². The molecule has 17 heavy (non-hydrogen) atoms. The molecule has 0 saturated heterocycles. The van der Waals surface area contributed by atoms with E-state index in [1.54, 1.807) is 0 Å². The molecule has 100 valence electrons. The van der Waals surface area contributed by atoms with Crippen molar-refractivity contribution in [3.63, 3.8) is 0 Å². The number of aliphatic hydroxyl groups excluding tert-OH is 1. The van der Waals surface area contributed by atoms with Crippen LogP contribution in [0.2, 0.25) is 0 Å². The smallest absolute Gasteiger partial charge is 0.395 e. The Bertz CT molecular complexity index is 254. The lowest BCUT2D eigenvalue weighted by Gasteiger charge is -2.21. The van der Waals surface area contributed by atoms with Crippen molar-refractivity contribution in [1.82, 2.24) is 4.90 Å². The van der Waals surface area contributed by atoms with Crippen molar-refractivity contribution in [3.8, 4) is 0 Å². The molecule has 1 fully saturated rings. The van der Waals surface area contributed by atoms with E-state index in [0.29, 0.717) is 0 Å². The summed E-state index contributed by atoms with van der Waals surface area (Å²) in [5, 5.41) is 8.77. The van der Waals surface area contributed by atoms with Gasteiger partial charge in [0.25, 0.3) is 0 Å². The molecule has 0 bridgehead atoms. The number of aliphatic hydroxyl groups is 1. The van der Waals surface area contributed by atoms with Crippen LogP contribution in [0.3, 0.4) is 0 Å². The topological polar surface area (TPSA) is 49.8 Å². The molecular weight excluding hydrogens is 239 g/mol. The first-order chi connectivity index (χ1) is 7.94. The molecule has 0 aromatic heterocycles. The van der Waals surface area contributed by atoms with E-state index in [9.17, 15) is 18.0 Å². The minimum Gasteiger partial charge on any atom is -0.395 e. The number of hydrogen-bond donors (Lipinski definition) is 1. The number of carbonyl (C=O) groups is 1. The molecule has 0 aliphatic heterocycles. The third kappa shape index (κ3) is 5.88. The molecule has 1 saturated carbocycles. The van der Waals surface area contributed by atoms with Crippen molar-refractivity contribution in [2.24, 2.45) is 0 Å². The van der Waals surface area contributed by atoms with Crippen LogP contribution in [0.1, 0.15) is 19.3 Å². The van der Waals surface area contributed by atoms with Gasteiger partial charge in [0.1, 0.15) is 6.61 Å². The molecule has 1 N–H and O–H groups in total. The van der Waals surface area contributed by atoms with Gasteiger partial charge in [0.2, 0.25) is 5.91 Å². The molecule has 1 amide bonds. The second-order valence-corrected chi connectivity index (χ2v) is 3.96. The highest BCUT2D eigenvalue weighted by Crippen LogP contribution is 2.27. The Morgan fingerprint density at radius 2 is 2.06 bits per heavy atom. The fourth-order valence-corrected chi connectivity index (χ4v) is 1.50. The van der Waals surface area contributed by atoms with Crippen LogP contribution in [-0.4, -0.2) is 54.5 Å². The predicted octanol–water partition coefficient (Wildman–Crippen LogP) is 0.939. The Morgan fingerprint density at radius 3 is 2.53 bits per heavy atom. The second kappa shape index (κ2) is 6.20. The van der Waals surface area contributed by atoms with Gasteiger partial charge in [-0.25, -0.2) is 0 Å². The van der Waals surface area contributed by atoms with Crippen LogP contribution in [0.5, 0.6) is 0 Å². The number of rotatable bonds is 7. The van der Waals surface area contributed by atoms with Gasteiger partial charge < -0.3 is 14.7 Å². The van der Waals surface area contributed by atoms with Crippen LogP contribution in [0.4, 0.5) is 13.2 Å². The van der Waals surface area contributed by atoms with Crippen molar-refractivity contribution in [2.75, 3.05) is 26.4 Å². The number of nitrogens with zero attached hydrogens (tertiary/aromatic N) is 1. The zero-order chi connectivity index (χ0) is 12.9. The van der Waals surface area contributed by atoms with Crippen LogP contribution < -0.4 is 0 Å². The SMILES string of the molecule is O=C(CCOCC(F)(F)F)N(CCO)C1CC1. The lowest BCUT2D eigenvalue weighted by molar-refractivity contribution is -0.175. The van der Waals surface area contributed by atoms with Gasteiger partial charge in [-0.2, -0.15) is 13.2 Å². The van der Waals surface area contributed by atoms with E-state index < -0.39 is 12.8 Å². The number of hydrogen-bond acceptors (Lipinski definition) is 3. The maximum absolute atomic E-state index is 11.7. The van der Waals surface area contributed by atoms with E-state index in [4.69, 9.17) is 5.11 Å². The fraction of sp³-hybridized carbons (Fsp3) is 0.900. The maximum Gasteiger partial charge on any atom is 0.411 e. The Hall–Kier alpha value is -0.820. The average molecular weight is 255 g/mol. The predicted molar refractivity (Wildman–Crippen MR) is 53.3 cm³/mol. The Kier molecular flexibility index (Phi) is 5.20. The third-order valence-electron chi connectivity index (χ3n) is 2.37. The summed E-state index contributed by atoms with van der Waals surface area (Å²) in [5.74, 6) is -0.260. The van der Waals surface area contributed by atoms with Gasteiger partial charge in [0, 0.05) is 12.6 Å². The average Bonchev–Trinajstić information content (AvgIpc) is 3.03. The molecule has 7 heteroatoms. The minimum atomic E-state index is -4.36. The number of amides is 1.